The van der Waals surface area contributed by atoms with Crippen molar-refractivity contribution in [3.05, 3.63) is 75.0 Å². The fourth-order valence-corrected chi connectivity index (χ4v) is 4.06. The first kappa shape index (κ1) is 23.8. The van der Waals surface area contributed by atoms with Crippen molar-refractivity contribution in [1.82, 2.24) is 14.7 Å². The number of nitrogens with one attached hydrogen (secondary N) is 1. The normalized spacial score (nSPS) is 10.8. The van der Waals surface area contributed by atoms with E-state index in [0.29, 0.717) is 40.1 Å². The maximum atomic E-state index is 12.7. The zero-order chi connectivity index (χ0) is 23.4. The molecule has 0 aliphatic carbocycles. The molecular weight excluding hydrogens is 447 g/mol. The Hall–Kier alpha value is -2.83. The molecule has 0 saturated carbocycles. The van der Waals surface area contributed by atoms with Crippen molar-refractivity contribution in [2.45, 2.75) is 34.1 Å². The molecule has 0 aliphatic heterocycles. The molecule has 3 aromatic rings. The monoisotopic (exact) mass is 472 g/mol. The van der Waals surface area contributed by atoms with Gasteiger partial charge in [-0.1, -0.05) is 23.2 Å². The Morgan fingerprint density at radius 1 is 1.03 bits per heavy atom. The molecule has 2 amide bonds. The van der Waals surface area contributed by atoms with Crippen LogP contribution in [-0.4, -0.2) is 39.6 Å². The van der Waals surface area contributed by atoms with Crippen LogP contribution in [0.3, 0.4) is 0 Å². The van der Waals surface area contributed by atoms with Crippen molar-refractivity contribution in [3.8, 4) is 5.69 Å². The summed E-state index contributed by atoms with van der Waals surface area (Å²) in [5.74, 6) is -0.187. The molecule has 6 nitrogen and oxygen atoms in total. The molecule has 0 bridgehead atoms. The number of halogens is 2. The second kappa shape index (κ2) is 10.2. The maximum absolute atomic E-state index is 12.7. The number of aryl methyl sites for hydroxylation is 1. The predicted octanol–water partition coefficient (Wildman–Crippen LogP) is 5.46. The zero-order valence-corrected chi connectivity index (χ0v) is 20.1. The third-order valence-electron chi connectivity index (χ3n) is 5.38. The Morgan fingerprint density at radius 2 is 1.69 bits per heavy atom. The number of amides is 2. The number of carbonyl (C=O) groups excluding carboxylic acids is 2. The highest BCUT2D eigenvalue weighted by atomic mass is 35.5. The predicted molar refractivity (Wildman–Crippen MR) is 129 cm³/mol. The van der Waals surface area contributed by atoms with Gasteiger partial charge in [-0.05, 0) is 70.2 Å². The van der Waals surface area contributed by atoms with E-state index >= 15 is 0 Å². The van der Waals surface area contributed by atoms with Crippen molar-refractivity contribution in [3.63, 3.8) is 0 Å². The number of hydrogen-bond donors (Lipinski definition) is 1. The molecule has 2 aromatic carbocycles. The number of benzene rings is 2. The molecule has 1 N–H and O–H groups in total. The van der Waals surface area contributed by atoms with Gasteiger partial charge in [0.05, 0.1) is 22.8 Å². The average Bonchev–Trinajstić information content (AvgIpc) is 3.03. The Morgan fingerprint density at radius 3 is 2.28 bits per heavy atom. The summed E-state index contributed by atoms with van der Waals surface area (Å²) in [5, 5.41) is 8.48. The number of anilines is 1. The molecule has 8 heteroatoms. The Bertz CT molecular complexity index is 1140. The van der Waals surface area contributed by atoms with Gasteiger partial charge in [0.15, 0.2) is 0 Å². The Kier molecular flexibility index (Phi) is 7.59. The van der Waals surface area contributed by atoms with Gasteiger partial charge < -0.3 is 10.2 Å². The summed E-state index contributed by atoms with van der Waals surface area (Å²) in [4.78, 5) is 26.9. The van der Waals surface area contributed by atoms with Gasteiger partial charge in [0.2, 0.25) is 5.91 Å². The highest BCUT2D eigenvalue weighted by Gasteiger charge is 2.18. The molecule has 1 aromatic heterocycles. The number of rotatable bonds is 7. The molecule has 0 unspecified atom stereocenters. The molecule has 0 saturated heterocycles. The van der Waals surface area contributed by atoms with Gasteiger partial charge in [0, 0.05) is 40.6 Å². The third-order valence-corrected chi connectivity index (χ3v) is 5.92. The summed E-state index contributed by atoms with van der Waals surface area (Å²) < 4.78 is 1.73. The van der Waals surface area contributed by atoms with Crippen LogP contribution in [0.2, 0.25) is 10.0 Å². The summed E-state index contributed by atoms with van der Waals surface area (Å²) in [7, 11) is 0. The number of aromatic nitrogens is 2. The van der Waals surface area contributed by atoms with Gasteiger partial charge in [0.1, 0.15) is 0 Å². The van der Waals surface area contributed by atoms with Crippen molar-refractivity contribution in [1.29, 1.82) is 0 Å². The number of carbonyl (C=O) groups is 2. The van der Waals surface area contributed by atoms with Crippen molar-refractivity contribution in [2.75, 3.05) is 18.4 Å². The fraction of sp³-hybridized carbons (Fsp3) is 0.292. The summed E-state index contributed by atoms with van der Waals surface area (Å²) in [5.41, 5.74) is 4.36. The van der Waals surface area contributed by atoms with Crippen molar-refractivity contribution >= 4 is 40.7 Å². The molecular formula is C24H26Cl2N4O2. The number of hydrogen-bond acceptors (Lipinski definition) is 3. The van der Waals surface area contributed by atoms with Crippen LogP contribution < -0.4 is 5.32 Å². The zero-order valence-electron chi connectivity index (χ0n) is 18.6. The maximum Gasteiger partial charge on any atom is 0.253 e. The standard InChI is InChI=1S/C24H26Cl2N4O2/c1-5-29(6-2)24(32)17-7-10-19(11-8-17)27-23(31)14-20-15(3)28-30(16(20)4)22-12-9-18(25)13-21(22)26/h7-13H,5-6,14H2,1-4H3,(H,27,31). The van der Waals surface area contributed by atoms with E-state index in [1.54, 1.807) is 52.0 Å². The molecule has 0 spiro atoms. The van der Waals surface area contributed by atoms with Gasteiger partial charge in [-0.2, -0.15) is 5.10 Å². The van der Waals surface area contributed by atoms with Gasteiger partial charge in [-0.15, -0.1) is 0 Å². The average molecular weight is 473 g/mol. The highest BCUT2D eigenvalue weighted by Crippen LogP contribution is 2.27. The highest BCUT2D eigenvalue weighted by molar-refractivity contribution is 6.35. The number of nitrogens with zero attached hydrogens (tertiary/aromatic N) is 3. The first-order chi connectivity index (χ1) is 15.2. The SMILES string of the molecule is CCN(CC)C(=O)c1ccc(NC(=O)Cc2c(C)nn(-c3ccc(Cl)cc3Cl)c2C)cc1. The second-order valence-electron chi connectivity index (χ2n) is 7.44. The first-order valence-electron chi connectivity index (χ1n) is 10.4. The Balaban J connectivity index is 1.73. The van der Waals surface area contributed by atoms with Crippen LogP contribution in [0, 0.1) is 13.8 Å². The van der Waals surface area contributed by atoms with Crippen LogP contribution in [0.15, 0.2) is 42.5 Å². The summed E-state index contributed by atoms with van der Waals surface area (Å²) >= 11 is 12.3. The van der Waals surface area contributed by atoms with E-state index in [-0.39, 0.29) is 18.2 Å². The molecule has 32 heavy (non-hydrogen) atoms. The van der Waals surface area contributed by atoms with Gasteiger partial charge in [0.25, 0.3) is 5.91 Å². The molecule has 0 aliphatic rings. The van der Waals surface area contributed by atoms with Crippen LogP contribution in [0.4, 0.5) is 5.69 Å². The van der Waals surface area contributed by atoms with E-state index in [9.17, 15) is 9.59 Å². The van der Waals surface area contributed by atoms with E-state index in [0.717, 1.165) is 17.0 Å². The molecule has 168 valence electrons. The lowest BCUT2D eigenvalue weighted by molar-refractivity contribution is -0.115. The lowest BCUT2D eigenvalue weighted by Gasteiger charge is -2.18. The smallest absolute Gasteiger partial charge is 0.253 e. The molecule has 3 rings (SSSR count). The van der Waals surface area contributed by atoms with Crippen LogP contribution in [0.5, 0.6) is 0 Å². The first-order valence-corrected chi connectivity index (χ1v) is 11.2. The van der Waals surface area contributed by atoms with E-state index < -0.39 is 0 Å². The van der Waals surface area contributed by atoms with E-state index in [2.05, 4.69) is 10.4 Å². The second-order valence-corrected chi connectivity index (χ2v) is 8.28. The fourth-order valence-electron chi connectivity index (χ4n) is 3.57. The molecule has 1 heterocycles. The lowest BCUT2D eigenvalue weighted by Crippen LogP contribution is -2.30. The molecule has 0 fully saturated rings. The summed E-state index contributed by atoms with van der Waals surface area (Å²) in [6.07, 6.45) is 0.170. The minimum absolute atomic E-state index is 0.0209. The summed E-state index contributed by atoms with van der Waals surface area (Å²) in [6, 6.07) is 12.2. The van der Waals surface area contributed by atoms with Gasteiger partial charge in [-0.3, -0.25) is 9.59 Å². The van der Waals surface area contributed by atoms with Crippen LogP contribution in [0.1, 0.15) is 41.2 Å². The van der Waals surface area contributed by atoms with Crippen molar-refractivity contribution < 1.29 is 9.59 Å². The molecule has 0 radical (unpaired) electrons. The largest absolute Gasteiger partial charge is 0.339 e. The van der Waals surface area contributed by atoms with Crippen LogP contribution >= 0.6 is 23.2 Å². The minimum Gasteiger partial charge on any atom is -0.339 e. The van der Waals surface area contributed by atoms with Gasteiger partial charge in [-0.25, -0.2) is 4.68 Å². The van der Waals surface area contributed by atoms with E-state index in [4.69, 9.17) is 23.2 Å². The topological polar surface area (TPSA) is 67.2 Å². The summed E-state index contributed by atoms with van der Waals surface area (Å²) in [6.45, 7) is 8.97. The molecule has 0 atom stereocenters. The quantitative estimate of drug-likeness (QED) is 0.496. The van der Waals surface area contributed by atoms with E-state index in [1.807, 2.05) is 27.7 Å². The third kappa shape index (κ3) is 5.14. The van der Waals surface area contributed by atoms with E-state index in [1.165, 1.54) is 0 Å². The van der Waals surface area contributed by atoms with Crippen molar-refractivity contribution in [2.24, 2.45) is 0 Å². The van der Waals surface area contributed by atoms with Gasteiger partial charge >= 0.3 is 0 Å². The van der Waals surface area contributed by atoms with Crippen LogP contribution in [-0.2, 0) is 11.2 Å². The minimum atomic E-state index is -0.166. The van der Waals surface area contributed by atoms with Crippen LogP contribution in [0.25, 0.3) is 5.69 Å². The Labute approximate surface area is 198 Å². The lowest BCUT2D eigenvalue weighted by atomic mass is 10.1.